The topological polar surface area (TPSA) is 15.3 Å². The largest absolute Gasteiger partial charge is 0.369 e. The molecule has 0 aliphatic carbocycles. The maximum Gasteiger partial charge on any atom is 0.0402 e. The normalized spacial score (nSPS) is 20.2. The summed E-state index contributed by atoms with van der Waals surface area (Å²) in [6.45, 7) is 9.08. The van der Waals surface area contributed by atoms with Crippen molar-refractivity contribution in [2.45, 2.75) is 38.6 Å². The van der Waals surface area contributed by atoms with Gasteiger partial charge in [-0.25, -0.2) is 0 Å². The van der Waals surface area contributed by atoms with Crippen molar-refractivity contribution in [1.29, 1.82) is 0 Å². The van der Waals surface area contributed by atoms with Gasteiger partial charge in [-0.2, -0.15) is 0 Å². The predicted octanol–water partition coefficient (Wildman–Crippen LogP) is 3.00. The third-order valence-corrected chi connectivity index (χ3v) is 3.90. The molecule has 0 saturated heterocycles. The fourth-order valence-electron chi connectivity index (χ4n) is 2.54. The molecule has 1 unspecified atom stereocenters. The van der Waals surface area contributed by atoms with Gasteiger partial charge in [-0.05, 0) is 44.9 Å². The number of para-hydroxylation sites is 1. The molecular formula is C15H24N2. The summed E-state index contributed by atoms with van der Waals surface area (Å²) in [7, 11) is 2.04. The molecule has 2 rings (SSSR count). The third-order valence-electron chi connectivity index (χ3n) is 3.90. The van der Waals surface area contributed by atoms with E-state index in [-0.39, 0.29) is 5.54 Å². The van der Waals surface area contributed by atoms with Gasteiger partial charge in [0.1, 0.15) is 0 Å². The summed E-state index contributed by atoms with van der Waals surface area (Å²) >= 11 is 0. The van der Waals surface area contributed by atoms with Gasteiger partial charge in [-0.1, -0.05) is 25.1 Å². The van der Waals surface area contributed by atoms with Gasteiger partial charge in [-0.15, -0.1) is 0 Å². The van der Waals surface area contributed by atoms with Crippen LogP contribution in [0.3, 0.4) is 0 Å². The molecule has 1 N–H and O–H groups in total. The lowest BCUT2D eigenvalue weighted by molar-refractivity contribution is 0.412. The van der Waals surface area contributed by atoms with Crippen molar-refractivity contribution in [3.05, 3.63) is 29.8 Å². The Hall–Kier alpha value is -1.02. The quantitative estimate of drug-likeness (QED) is 0.862. The van der Waals surface area contributed by atoms with Crippen LogP contribution in [0.25, 0.3) is 0 Å². The van der Waals surface area contributed by atoms with E-state index in [9.17, 15) is 0 Å². The predicted molar refractivity (Wildman–Crippen MR) is 74.8 cm³/mol. The van der Waals surface area contributed by atoms with Crippen LogP contribution in [0.2, 0.25) is 0 Å². The van der Waals surface area contributed by atoms with E-state index in [1.165, 1.54) is 24.2 Å². The van der Waals surface area contributed by atoms with Crippen molar-refractivity contribution in [3.63, 3.8) is 0 Å². The smallest absolute Gasteiger partial charge is 0.0402 e. The van der Waals surface area contributed by atoms with Crippen molar-refractivity contribution < 1.29 is 0 Å². The lowest BCUT2D eigenvalue weighted by Gasteiger charge is -2.39. The molecule has 17 heavy (non-hydrogen) atoms. The Morgan fingerprint density at radius 1 is 1.35 bits per heavy atom. The molecule has 1 atom stereocenters. The monoisotopic (exact) mass is 232 g/mol. The first-order chi connectivity index (χ1) is 8.03. The first kappa shape index (κ1) is 12.4. The first-order valence-electron chi connectivity index (χ1n) is 6.56. The Balaban J connectivity index is 2.24. The minimum Gasteiger partial charge on any atom is -0.369 e. The van der Waals surface area contributed by atoms with Crippen molar-refractivity contribution >= 4 is 5.69 Å². The number of hydrogen-bond acceptors (Lipinski definition) is 2. The zero-order valence-corrected chi connectivity index (χ0v) is 11.5. The van der Waals surface area contributed by atoms with Crippen LogP contribution in [-0.2, 0) is 0 Å². The summed E-state index contributed by atoms with van der Waals surface area (Å²) in [6.07, 6.45) is 1.26. The minimum atomic E-state index is 0.160. The zero-order valence-electron chi connectivity index (χ0n) is 11.5. The summed E-state index contributed by atoms with van der Waals surface area (Å²) in [5.41, 5.74) is 3.09. The molecule has 0 fully saturated rings. The SMILES string of the molecule is CNC(C)(C)CN1CCC(C)c2ccccc21. The summed E-state index contributed by atoms with van der Waals surface area (Å²) in [6, 6.07) is 8.84. The fourth-order valence-corrected chi connectivity index (χ4v) is 2.54. The molecule has 1 aromatic carbocycles. The Morgan fingerprint density at radius 2 is 2.06 bits per heavy atom. The fraction of sp³-hybridized carbons (Fsp3) is 0.600. The first-order valence-corrected chi connectivity index (χ1v) is 6.56. The van der Waals surface area contributed by atoms with Gasteiger partial charge in [0.2, 0.25) is 0 Å². The summed E-state index contributed by atoms with van der Waals surface area (Å²) in [4.78, 5) is 2.52. The lowest BCUT2D eigenvalue weighted by atomic mass is 9.90. The number of hydrogen-bond donors (Lipinski definition) is 1. The molecule has 0 amide bonds. The van der Waals surface area contributed by atoms with Crippen LogP contribution in [0.1, 0.15) is 38.7 Å². The highest BCUT2D eigenvalue weighted by molar-refractivity contribution is 5.57. The zero-order chi connectivity index (χ0) is 12.5. The molecule has 0 radical (unpaired) electrons. The summed E-state index contributed by atoms with van der Waals surface area (Å²) in [5, 5.41) is 3.39. The second-order valence-electron chi connectivity index (χ2n) is 5.80. The highest BCUT2D eigenvalue weighted by atomic mass is 15.2. The Bertz CT molecular complexity index is 384. The van der Waals surface area contributed by atoms with E-state index >= 15 is 0 Å². The van der Waals surface area contributed by atoms with Gasteiger partial charge >= 0.3 is 0 Å². The highest BCUT2D eigenvalue weighted by Crippen LogP contribution is 2.35. The maximum atomic E-state index is 3.39. The van der Waals surface area contributed by atoms with E-state index in [2.05, 4.69) is 55.3 Å². The van der Waals surface area contributed by atoms with Crippen LogP contribution in [0.5, 0.6) is 0 Å². The van der Waals surface area contributed by atoms with E-state index in [4.69, 9.17) is 0 Å². The van der Waals surface area contributed by atoms with Crippen molar-refractivity contribution in [1.82, 2.24) is 5.32 Å². The second-order valence-corrected chi connectivity index (χ2v) is 5.80. The van der Waals surface area contributed by atoms with E-state index in [1.807, 2.05) is 7.05 Å². The van der Waals surface area contributed by atoms with Crippen LogP contribution >= 0.6 is 0 Å². The highest BCUT2D eigenvalue weighted by Gasteiger charge is 2.26. The maximum absolute atomic E-state index is 3.39. The second kappa shape index (κ2) is 4.69. The molecule has 2 nitrogen and oxygen atoms in total. The van der Waals surface area contributed by atoms with Crippen molar-refractivity contribution in [2.75, 3.05) is 25.0 Å². The Labute approximate surface area is 105 Å². The van der Waals surface area contributed by atoms with E-state index in [0.717, 1.165) is 6.54 Å². The van der Waals surface area contributed by atoms with Gasteiger partial charge in [-0.3, -0.25) is 0 Å². The lowest BCUT2D eigenvalue weighted by Crippen LogP contribution is -2.49. The molecule has 0 aromatic heterocycles. The average molecular weight is 232 g/mol. The van der Waals surface area contributed by atoms with Crippen molar-refractivity contribution in [2.24, 2.45) is 0 Å². The third kappa shape index (κ3) is 2.63. The standard InChI is InChI=1S/C15H24N2/c1-12-9-10-17(11-15(2,3)16-4)14-8-6-5-7-13(12)14/h5-8,12,16H,9-11H2,1-4H3. The van der Waals surface area contributed by atoms with Crippen LogP contribution in [0.15, 0.2) is 24.3 Å². The van der Waals surface area contributed by atoms with E-state index in [0.29, 0.717) is 5.92 Å². The Kier molecular flexibility index (Phi) is 3.43. The van der Waals surface area contributed by atoms with Crippen molar-refractivity contribution in [3.8, 4) is 0 Å². The van der Waals surface area contributed by atoms with Gasteiger partial charge in [0.25, 0.3) is 0 Å². The summed E-state index contributed by atoms with van der Waals surface area (Å²) < 4.78 is 0. The number of nitrogens with zero attached hydrogens (tertiary/aromatic N) is 1. The number of nitrogens with one attached hydrogen (secondary N) is 1. The molecular weight excluding hydrogens is 208 g/mol. The van der Waals surface area contributed by atoms with Crippen LogP contribution in [-0.4, -0.2) is 25.7 Å². The molecule has 0 saturated carbocycles. The molecule has 1 heterocycles. The minimum absolute atomic E-state index is 0.160. The van der Waals surface area contributed by atoms with Gasteiger partial charge in [0, 0.05) is 24.3 Å². The molecule has 1 aliphatic heterocycles. The molecule has 2 heteroatoms. The van der Waals surface area contributed by atoms with Gasteiger partial charge in [0.15, 0.2) is 0 Å². The van der Waals surface area contributed by atoms with Crippen LogP contribution < -0.4 is 10.2 Å². The molecule has 0 spiro atoms. The molecule has 94 valence electrons. The number of anilines is 1. The average Bonchev–Trinajstić information content (AvgIpc) is 2.33. The van der Waals surface area contributed by atoms with Gasteiger partial charge < -0.3 is 10.2 Å². The number of rotatable bonds is 3. The summed E-state index contributed by atoms with van der Waals surface area (Å²) in [5.74, 6) is 0.695. The molecule has 0 bridgehead atoms. The Morgan fingerprint density at radius 3 is 2.76 bits per heavy atom. The molecule has 1 aromatic rings. The van der Waals surface area contributed by atoms with Crippen LogP contribution in [0.4, 0.5) is 5.69 Å². The van der Waals surface area contributed by atoms with E-state index < -0.39 is 0 Å². The van der Waals surface area contributed by atoms with Gasteiger partial charge in [0.05, 0.1) is 0 Å². The van der Waals surface area contributed by atoms with Crippen LogP contribution in [0, 0.1) is 0 Å². The molecule has 1 aliphatic rings. The number of likely N-dealkylation sites (N-methyl/N-ethyl adjacent to an activating group) is 1. The number of fused-ring (bicyclic) bond motifs is 1. The van der Waals surface area contributed by atoms with E-state index in [1.54, 1.807) is 0 Å². The number of benzene rings is 1.